The summed E-state index contributed by atoms with van der Waals surface area (Å²) in [5.41, 5.74) is 0. The number of hydrogen-bond donors (Lipinski definition) is 1. The van der Waals surface area contributed by atoms with Crippen molar-refractivity contribution >= 4 is 5.97 Å². The molecule has 3 nitrogen and oxygen atoms in total. The Hall–Kier alpha value is -2.59. The molecule has 1 N–H and O–H groups in total. The van der Waals surface area contributed by atoms with Crippen LogP contribution in [0.2, 0.25) is 0 Å². The van der Waals surface area contributed by atoms with Crippen LogP contribution in [0.3, 0.4) is 0 Å². The minimum atomic E-state index is -0.872. The summed E-state index contributed by atoms with van der Waals surface area (Å²) >= 11 is 0. The second-order valence-corrected chi connectivity index (χ2v) is 4.35. The predicted octanol–water partition coefficient (Wildman–Crippen LogP) is 1.53. The highest BCUT2D eigenvalue weighted by Gasteiger charge is 2.07. The third kappa shape index (κ3) is 13.6. The van der Waals surface area contributed by atoms with Crippen LogP contribution in [-0.4, -0.2) is 23.8 Å². The Morgan fingerprint density at radius 2 is 1.76 bits per heavy atom. The second kappa shape index (κ2) is 12.4. The van der Waals surface area contributed by atoms with Crippen LogP contribution in [-0.2, 0) is 9.53 Å². The Morgan fingerprint density at radius 3 is 2.38 bits per heavy atom. The van der Waals surface area contributed by atoms with Crippen LogP contribution in [0.25, 0.3) is 0 Å². The standard InChI is InChI=1S/C18H18O3/c1-4-5-6-7-8-9-10-11-12-13-17(19)15-21-18(20)14-16(2)3/h12-13,16-17,19H,14-15H2,1-3H3/b13-12+/t17-/m0/s1. The van der Waals surface area contributed by atoms with Gasteiger partial charge < -0.3 is 9.84 Å². The van der Waals surface area contributed by atoms with Gasteiger partial charge in [0, 0.05) is 6.42 Å². The second-order valence-electron chi connectivity index (χ2n) is 4.35. The minimum Gasteiger partial charge on any atom is -0.463 e. The van der Waals surface area contributed by atoms with E-state index in [2.05, 4.69) is 47.4 Å². The molecule has 108 valence electrons. The van der Waals surface area contributed by atoms with Crippen LogP contribution >= 0.6 is 0 Å². The van der Waals surface area contributed by atoms with E-state index in [1.165, 1.54) is 12.2 Å². The fraction of sp³-hybridized carbons (Fsp3) is 0.389. The number of aliphatic hydroxyl groups excluding tert-OH is 1. The number of aliphatic hydroxyl groups is 1. The Balaban J connectivity index is 4.06. The zero-order chi connectivity index (χ0) is 15.9. The number of carbonyl (C=O) groups is 1. The van der Waals surface area contributed by atoms with E-state index in [1.807, 2.05) is 13.8 Å². The zero-order valence-electron chi connectivity index (χ0n) is 12.5. The van der Waals surface area contributed by atoms with Crippen molar-refractivity contribution in [2.24, 2.45) is 5.92 Å². The van der Waals surface area contributed by atoms with Crippen LogP contribution < -0.4 is 0 Å². The van der Waals surface area contributed by atoms with Crippen LogP contribution in [0, 0.1) is 53.3 Å². The molecular weight excluding hydrogens is 264 g/mol. The molecule has 3 heteroatoms. The molecule has 0 radical (unpaired) electrons. The minimum absolute atomic E-state index is 0.0728. The molecule has 1 atom stereocenters. The van der Waals surface area contributed by atoms with Crippen molar-refractivity contribution in [2.75, 3.05) is 6.61 Å². The molecule has 0 aliphatic carbocycles. The van der Waals surface area contributed by atoms with Gasteiger partial charge in [0.05, 0.1) is 0 Å². The van der Waals surface area contributed by atoms with Crippen LogP contribution in [0.5, 0.6) is 0 Å². The Bertz CT molecular complexity index is 596. The van der Waals surface area contributed by atoms with E-state index in [0.29, 0.717) is 6.42 Å². The Kier molecular flexibility index (Phi) is 10.9. The molecule has 0 aliphatic rings. The molecule has 0 saturated carbocycles. The third-order valence-corrected chi connectivity index (χ3v) is 1.90. The topological polar surface area (TPSA) is 46.5 Å². The van der Waals surface area contributed by atoms with Crippen molar-refractivity contribution < 1.29 is 14.6 Å². The molecule has 0 aliphatic heterocycles. The fourth-order valence-electron chi connectivity index (χ4n) is 1.05. The smallest absolute Gasteiger partial charge is 0.306 e. The summed E-state index contributed by atoms with van der Waals surface area (Å²) in [5, 5.41) is 9.53. The quantitative estimate of drug-likeness (QED) is 0.614. The summed E-state index contributed by atoms with van der Waals surface area (Å²) in [6, 6.07) is 0. The zero-order valence-corrected chi connectivity index (χ0v) is 12.5. The van der Waals surface area contributed by atoms with E-state index >= 15 is 0 Å². The molecule has 21 heavy (non-hydrogen) atoms. The maximum Gasteiger partial charge on any atom is 0.306 e. The number of allylic oxidation sites excluding steroid dienone is 1. The Morgan fingerprint density at radius 1 is 1.14 bits per heavy atom. The van der Waals surface area contributed by atoms with E-state index in [9.17, 15) is 9.90 Å². The van der Waals surface area contributed by atoms with Crippen molar-refractivity contribution in [2.45, 2.75) is 33.3 Å². The van der Waals surface area contributed by atoms with Gasteiger partial charge in [0.2, 0.25) is 0 Å². The molecule has 0 aromatic rings. The monoisotopic (exact) mass is 282 g/mol. The largest absolute Gasteiger partial charge is 0.463 e. The molecule has 0 aromatic heterocycles. The highest BCUT2D eigenvalue weighted by molar-refractivity contribution is 5.69. The number of ether oxygens (including phenoxy) is 1. The molecular formula is C18H18O3. The van der Waals surface area contributed by atoms with E-state index in [4.69, 9.17) is 4.74 Å². The highest BCUT2D eigenvalue weighted by Crippen LogP contribution is 2.01. The van der Waals surface area contributed by atoms with E-state index in [0.717, 1.165) is 0 Å². The van der Waals surface area contributed by atoms with Crippen LogP contribution in [0.15, 0.2) is 12.2 Å². The summed E-state index contributed by atoms with van der Waals surface area (Å²) in [6.07, 6.45) is 2.36. The first-order valence-corrected chi connectivity index (χ1v) is 6.49. The molecule has 0 bridgehead atoms. The van der Waals surface area contributed by atoms with Crippen LogP contribution in [0.4, 0.5) is 0 Å². The summed E-state index contributed by atoms with van der Waals surface area (Å²) in [5.74, 6) is 20.3. The number of rotatable bonds is 5. The van der Waals surface area contributed by atoms with Gasteiger partial charge in [0.15, 0.2) is 0 Å². The average Bonchev–Trinajstić information content (AvgIpc) is 2.42. The summed E-state index contributed by atoms with van der Waals surface area (Å²) in [7, 11) is 0. The van der Waals surface area contributed by atoms with Gasteiger partial charge in [0.1, 0.15) is 12.7 Å². The van der Waals surface area contributed by atoms with Gasteiger partial charge >= 0.3 is 5.97 Å². The predicted molar refractivity (Wildman–Crippen MR) is 82.3 cm³/mol. The summed E-state index contributed by atoms with van der Waals surface area (Å²) < 4.78 is 4.90. The first-order chi connectivity index (χ1) is 10.1. The summed E-state index contributed by atoms with van der Waals surface area (Å²) in [6.45, 7) is 5.47. The first kappa shape index (κ1) is 18.4. The van der Waals surface area contributed by atoms with Crippen LogP contribution in [0.1, 0.15) is 27.2 Å². The van der Waals surface area contributed by atoms with Crippen molar-refractivity contribution in [1.29, 1.82) is 0 Å². The lowest BCUT2D eigenvalue weighted by atomic mass is 10.1. The molecule has 0 saturated heterocycles. The molecule has 0 heterocycles. The molecule has 0 fully saturated rings. The van der Waals surface area contributed by atoms with Crippen molar-refractivity contribution in [3.05, 3.63) is 12.2 Å². The lowest BCUT2D eigenvalue weighted by Crippen LogP contribution is -2.17. The fourth-order valence-corrected chi connectivity index (χ4v) is 1.05. The SMILES string of the molecule is CC#CC#CC#CC#C/C=C/[C@H](O)COC(=O)CC(C)C. The number of hydrogen-bond acceptors (Lipinski definition) is 3. The van der Waals surface area contributed by atoms with E-state index < -0.39 is 6.10 Å². The van der Waals surface area contributed by atoms with Gasteiger partial charge in [-0.2, -0.15) is 0 Å². The van der Waals surface area contributed by atoms with Gasteiger partial charge in [-0.15, -0.1) is 0 Å². The maximum absolute atomic E-state index is 11.3. The maximum atomic E-state index is 11.3. The number of carbonyl (C=O) groups excluding carboxylic acids is 1. The Labute approximate surface area is 126 Å². The average molecular weight is 282 g/mol. The van der Waals surface area contributed by atoms with Gasteiger partial charge in [-0.3, -0.25) is 4.79 Å². The summed E-state index contributed by atoms with van der Waals surface area (Å²) in [4.78, 5) is 11.3. The van der Waals surface area contributed by atoms with Gasteiger partial charge in [0.25, 0.3) is 0 Å². The van der Waals surface area contributed by atoms with Crippen molar-refractivity contribution in [1.82, 2.24) is 0 Å². The lowest BCUT2D eigenvalue weighted by molar-refractivity contribution is -0.146. The molecule has 0 spiro atoms. The third-order valence-electron chi connectivity index (χ3n) is 1.90. The van der Waals surface area contributed by atoms with Gasteiger partial charge in [-0.1, -0.05) is 25.7 Å². The van der Waals surface area contributed by atoms with Crippen molar-refractivity contribution in [3.8, 4) is 47.4 Å². The van der Waals surface area contributed by atoms with E-state index in [1.54, 1.807) is 6.92 Å². The highest BCUT2D eigenvalue weighted by atomic mass is 16.5. The first-order valence-electron chi connectivity index (χ1n) is 6.49. The van der Waals surface area contributed by atoms with Gasteiger partial charge in [-0.25, -0.2) is 0 Å². The van der Waals surface area contributed by atoms with Gasteiger partial charge in [-0.05, 0) is 60.5 Å². The lowest BCUT2D eigenvalue weighted by Gasteiger charge is -2.08. The molecule has 0 aromatic carbocycles. The molecule has 0 amide bonds. The number of esters is 1. The van der Waals surface area contributed by atoms with Crippen molar-refractivity contribution in [3.63, 3.8) is 0 Å². The molecule has 0 unspecified atom stereocenters. The normalized spacial score (nSPS) is 9.95. The van der Waals surface area contributed by atoms with E-state index in [-0.39, 0.29) is 18.5 Å². The molecule has 0 rings (SSSR count).